The molecule has 2 N–H and O–H groups in total. The molecule has 31 heavy (non-hydrogen) atoms. The quantitative estimate of drug-likeness (QED) is 0.432. The molecule has 1 aromatic carbocycles. The Bertz CT molecular complexity index is 968. The zero-order valence-electron chi connectivity index (χ0n) is 17.9. The molecule has 1 aromatic heterocycles. The molecule has 1 fully saturated rings. The topological polar surface area (TPSA) is 95.3 Å². The number of aromatic nitrogens is 1. The average Bonchev–Trinajstić information content (AvgIpc) is 3.30. The van der Waals surface area contributed by atoms with E-state index in [-0.39, 0.29) is 5.88 Å². The number of hydrogen-bond acceptors (Lipinski definition) is 6. The first-order chi connectivity index (χ1) is 15.2. The monoisotopic (exact) mass is 424 g/mol. The largest absolute Gasteiger partial charge is 0.378 e. The minimum absolute atomic E-state index is 0.284. The van der Waals surface area contributed by atoms with Crippen LogP contribution in [-0.2, 0) is 20.0 Å². The minimum atomic E-state index is -1.22. The van der Waals surface area contributed by atoms with Crippen LogP contribution in [-0.4, -0.2) is 56.5 Å². The van der Waals surface area contributed by atoms with Crippen LogP contribution in [0.5, 0.6) is 0 Å². The third-order valence-electron chi connectivity index (χ3n) is 5.56. The summed E-state index contributed by atoms with van der Waals surface area (Å²) in [7, 11) is 3.15. The van der Waals surface area contributed by atoms with Gasteiger partial charge in [-0.2, -0.15) is 4.99 Å². The van der Waals surface area contributed by atoms with E-state index in [1.54, 1.807) is 20.3 Å². The van der Waals surface area contributed by atoms with Gasteiger partial charge in [-0.15, -0.1) is 0 Å². The van der Waals surface area contributed by atoms with Gasteiger partial charge in [0.05, 0.1) is 13.2 Å². The molecule has 1 aliphatic carbocycles. The van der Waals surface area contributed by atoms with Gasteiger partial charge in [0.1, 0.15) is 5.69 Å². The number of allylic oxidation sites excluding steroid dienone is 4. The van der Waals surface area contributed by atoms with Crippen LogP contribution in [0.15, 0.2) is 58.1 Å². The number of morpholine rings is 1. The van der Waals surface area contributed by atoms with Gasteiger partial charge in [0.15, 0.2) is 5.96 Å². The molecular formula is C23H28N4O4. The van der Waals surface area contributed by atoms with Crippen molar-refractivity contribution in [1.29, 1.82) is 0 Å². The molecule has 2 aromatic rings. The molecule has 8 nitrogen and oxygen atoms in total. The predicted molar refractivity (Wildman–Crippen MR) is 118 cm³/mol. The standard InChI is InChI=1S/C23H28N4O4/c1-28-23(29-2,19-10-8-18(9-11-19)17-6-4-3-5-7-17)20-16-21(31-26-20)25-22(24)27-12-14-30-15-13-27/h4,6-11,16H,3,5,12-15H2,1-2H3,(H2,24,25). The normalized spacial score (nSPS) is 17.7. The maximum atomic E-state index is 6.12. The number of methoxy groups -OCH3 is 2. The van der Waals surface area contributed by atoms with E-state index in [2.05, 4.69) is 40.5 Å². The summed E-state index contributed by atoms with van der Waals surface area (Å²) < 4.78 is 22.4. The Balaban J connectivity index is 1.59. The first-order valence-electron chi connectivity index (χ1n) is 10.4. The van der Waals surface area contributed by atoms with Crippen molar-refractivity contribution in [2.75, 3.05) is 40.5 Å². The van der Waals surface area contributed by atoms with Gasteiger partial charge in [-0.05, 0) is 24.0 Å². The van der Waals surface area contributed by atoms with Gasteiger partial charge in [-0.1, -0.05) is 47.7 Å². The number of nitrogens with two attached hydrogens (primary N) is 1. The average molecular weight is 425 g/mol. The van der Waals surface area contributed by atoms with E-state index >= 15 is 0 Å². The summed E-state index contributed by atoms with van der Waals surface area (Å²) in [5.41, 5.74) is 9.73. The summed E-state index contributed by atoms with van der Waals surface area (Å²) in [5, 5.41) is 4.16. The van der Waals surface area contributed by atoms with Gasteiger partial charge in [0, 0.05) is 38.9 Å². The Kier molecular flexibility index (Phi) is 6.50. The maximum Gasteiger partial charge on any atom is 0.254 e. The van der Waals surface area contributed by atoms with Crippen LogP contribution in [0.25, 0.3) is 5.57 Å². The Morgan fingerprint density at radius 3 is 2.52 bits per heavy atom. The summed E-state index contributed by atoms with van der Waals surface area (Å²) in [5.74, 6) is -0.573. The lowest BCUT2D eigenvalue weighted by Crippen LogP contribution is -2.44. The van der Waals surface area contributed by atoms with E-state index in [1.165, 1.54) is 5.57 Å². The first kappa shape index (κ1) is 21.3. The molecule has 0 bridgehead atoms. The van der Waals surface area contributed by atoms with Crippen molar-refractivity contribution in [2.45, 2.75) is 18.6 Å². The zero-order valence-corrected chi connectivity index (χ0v) is 17.9. The lowest BCUT2D eigenvalue weighted by molar-refractivity contribution is -0.187. The lowest BCUT2D eigenvalue weighted by Gasteiger charge is -2.29. The molecule has 0 atom stereocenters. The highest BCUT2D eigenvalue weighted by molar-refractivity contribution is 5.80. The van der Waals surface area contributed by atoms with Crippen LogP contribution in [0, 0.1) is 0 Å². The summed E-state index contributed by atoms with van der Waals surface area (Å²) in [4.78, 5) is 6.31. The number of aliphatic imine (C=N–C) groups is 1. The number of nitrogens with zero attached hydrogens (tertiary/aromatic N) is 3. The molecule has 2 aliphatic rings. The third kappa shape index (κ3) is 4.41. The van der Waals surface area contributed by atoms with Crippen LogP contribution in [0.2, 0.25) is 0 Å². The molecule has 1 aliphatic heterocycles. The Morgan fingerprint density at radius 1 is 1.13 bits per heavy atom. The van der Waals surface area contributed by atoms with Crippen LogP contribution in [0.4, 0.5) is 5.88 Å². The summed E-state index contributed by atoms with van der Waals surface area (Å²) in [6.45, 7) is 2.62. The van der Waals surface area contributed by atoms with Gasteiger partial charge in [-0.3, -0.25) is 0 Å². The number of benzene rings is 1. The fourth-order valence-corrected chi connectivity index (χ4v) is 3.84. The van der Waals surface area contributed by atoms with Crippen LogP contribution < -0.4 is 5.73 Å². The van der Waals surface area contributed by atoms with Gasteiger partial charge in [0.2, 0.25) is 5.79 Å². The van der Waals surface area contributed by atoms with E-state index < -0.39 is 5.79 Å². The highest BCUT2D eigenvalue weighted by atomic mass is 16.7. The molecule has 0 spiro atoms. The maximum absolute atomic E-state index is 6.12. The van der Waals surface area contributed by atoms with Crippen molar-refractivity contribution in [1.82, 2.24) is 10.1 Å². The Hall–Kier alpha value is -2.94. The molecule has 164 valence electrons. The summed E-state index contributed by atoms with van der Waals surface area (Å²) in [6, 6.07) is 9.75. The molecule has 2 heterocycles. The van der Waals surface area contributed by atoms with Crippen LogP contribution >= 0.6 is 0 Å². The zero-order chi connectivity index (χ0) is 21.7. The van der Waals surface area contributed by atoms with Crippen molar-refractivity contribution >= 4 is 17.4 Å². The second-order valence-corrected chi connectivity index (χ2v) is 7.36. The van der Waals surface area contributed by atoms with E-state index in [1.807, 2.05) is 17.0 Å². The smallest absolute Gasteiger partial charge is 0.254 e. The fourth-order valence-electron chi connectivity index (χ4n) is 3.84. The van der Waals surface area contributed by atoms with Gasteiger partial charge in [-0.25, -0.2) is 0 Å². The summed E-state index contributed by atoms with van der Waals surface area (Å²) in [6.07, 6.45) is 8.74. The fraction of sp³-hybridized carbons (Fsp3) is 0.391. The Labute approximate surface area is 182 Å². The molecule has 4 rings (SSSR count). The second kappa shape index (κ2) is 9.47. The number of hydrogen-bond donors (Lipinski definition) is 1. The Morgan fingerprint density at radius 2 is 1.87 bits per heavy atom. The van der Waals surface area contributed by atoms with Crippen molar-refractivity contribution in [2.24, 2.45) is 10.7 Å². The first-order valence-corrected chi connectivity index (χ1v) is 10.4. The number of ether oxygens (including phenoxy) is 3. The van der Waals surface area contributed by atoms with Crippen LogP contribution in [0.1, 0.15) is 29.7 Å². The van der Waals surface area contributed by atoms with E-state index in [4.69, 9.17) is 24.5 Å². The minimum Gasteiger partial charge on any atom is -0.378 e. The summed E-state index contributed by atoms with van der Waals surface area (Å²) >= 11 is 0. The number of guanidine groups is 1. The van der Waals surface area contributed by atoms with Gasteiger partial charge < -0.3 is 29.4 Å². The highest BCUT2D eigenvalue weighted by Gasteiger charge is 2.38. The molecule has 0 saturated carbocycles. The van der Waals surface area contributed by atoms with Crippen molar-refractivity contribution in [3.8, 4) is 0 Å². The van der Waals surface area contributed by atoms with E-state index in [9.17, 15) is 0 Å². The molecule has 1 saturated heterocycles. The van der Waals surface area contributed by atoms with Gasteiger partial charge in [0.25, 0.3) is 5.88 Å². The van der Waals surface area contributed by atoms with Crippen molar-refractivity contribution < 1.29 is 18.7 Å². The van der Waals surface area contributed by atoms with E-state index in [0.29, 0.717) is 38.0 Å². The van der Waals surface area contributed by atoms with Crippen LogP contribution in [0.3, 0.4) is 0 Å². The molecular weight excluding hydrogens is 396 g/mol. The predicted octanol–water partition coefficient (Wildman–Crippen LogP) is 3.18. The molecule has 0 radical (unpaired) electrons. The second-order valence-electron chi connectivity index (χ2n) is 7.36. The molecule has 0 unspecified atom stereocenters. The highest BCUT2D eigenvalue weighted by Crippen LogP contribution is 2.36. The van der Waals surface area contributed by atoms with E-state index in [0.717, 1.165) is 24.0 Å². The molecule has 0 amide bonds. The molecule has 8 heteroatoms. The lowest BCUT2D eigenvalue weighted by atomic mass is 9.95. The van der Waals surface area contributed by atoms with Crippen molar-refractivity contribution in [3.63, 3.8) is 0 Å². The number of rotatable bonds is 6. The van der Waals surface area contributed by atoms with Crippen molar-refractivity contribution in [3.05, 3.63) is 65.4 Å². The van der Waals surface area contributed by atoms with Gasteiger partial charge >= 0.3 is 0 Å². The third-order valence-corrected chi connectivity index (χ3v) is 5.56. The SMILES string of the molecule is COC(OC)(c1ccc(C2=CCCC=C2)cc1)c1cc(/N=C(/N)N2CCOCC2)on1.